The number of hydrogen-bond acceptors (Lipinski definition) is 6. The topological polar surface area (TPSA) is 98.0 Å². The maximum Gasteiger partial charge on any atom is 0.329 e. The van der Waals surface area contributed by atoms with E-state index in [1.807, 2.05) is 25.1 Å². The zero-order valence-corrected chi connectivity index (χ0v) is 16.2. The number of likely N-dealkylation sites (tertiary alicyclic amines) is 1. The molecule has 0 radical (unpaired) electrons. The van der Waals surface area contributed by atoms with Gasteiger partial charge in [0.1, 0.15) is 18.3 Å². The molecule has 2 aliphatic rings. The molecule has 2 aromatic heterocycles. The van der Waals surface area contributed by atoms with Gasteiger partial charge in [0.25, 0.3) is 5.56 Å². The predicted molar refractivity (Wildman–Crippen MR) is 103 cm³/mol. The smallest absolute Gasteiger partial charge is 0.329 e. The number of carbonyl (C=O) groups excluding carboxylic acids is 3. The number of esters is 1. The average molecular weight is 395 g/mol. The van der Waals surface area contributed by atoms with E-state index in [2.05, 4.69) is 4.98 Å². The Kier molecular flexibility index (Phi) is 4.77. The Bertz CT molecular complexity index is 1080. The zero-order chi connectivity index (χ0) is 20.7. The highest BCUT2D eigenvalue weighted by atomic mass is 16.5. The normalized spacial score (nSPS) is 22.1. The lowest BCUT2D eigenvalue weighted by Gasteiger charge is -2.21. The van der Waals surface area contributed by atoms with Gasteiger partial charge < -0.3 is 4.74 Å². The standard InChI is InChI=1S/C21H21N3O5/c1-12-6-5-9-23-17(25)10-14(22-18(12)23)11-29-21(28)13(2)24-19(26)15-7-3-4-8-16(15)20(24)27/h3-6,9-10,13,15-16H,7-8,11H2,1-2H3/t13-,15-,16-/m0/s1. The first-order valence-corrected chi connectivity index (χ1v) is 9.55. The van der Waals surface area contributed by atoms with E-state index in [1.54, 1.807) is 12.3 Å². The maximum atomic E-state index is 12.6. The van der Waals surface area contributed by atoms with E-state index in [4.69, 9.17) is 4.74 Å². The number of amides is 2. The van der Waals surface area contributed by atoms with Gasteiger partial charge >= 0.3 is 5.97 Å². The Morgan fingerprint density at radius 3 is 2.52 bits per heavy atom. The minimum atomic E-state index is -1.02. The summed E-state index contributed by atoms with van der Waals surface area (Å²) in [6, 6.07) is 3.86. The molecule has 29 heavy (non-hydrogen) atoms. The van der Waals surface area contributed by atoms with Crippen LogP contribution in [0.1, 0.15) is 31.0 Å². The van der Waals surface area contributed by atoms with Crippen LogP contribution in [0.15, 0.2) is 41.3 Å². The number of fused-ring (bicyclic) bond motifs is 2. The molecule has 2 amide bonds. The molecule has 0 aromatic carbocycles. The van der Waals surface area contributed by atoms with Crippen molar-refractivity contribution in [3.05, 3.63) is 58.2 Å². The summed E-state index contributed by atoms with van der Waals surface area (Å²) in [4.78, 5) is 55.4. The third-order valence-corrected chi connectivity index (χ3v) is 5.57. The van der Waals surface area contributed by atoms with Gasteiger partial charge in [0.2, 0.25) is 11.8 Å². The van der Waals surface area contributed by atoms with Crippen LogP contribution in [-0.2, 0) is 25.7 Å². The van der Waals surface area contributed by atoms with E-state index in [-0.39, 0.29) is 24.0 Å². The van der Waals surface area contributed by atoms with Crippen LogP contribution in [0.25, 0.3) is 5.65 Å². The molecule has 8 nitrogen and oxygen atoms in total. The van der Waals surface area contributed by atoms with Crippen molar-refractivity contribution in [2.24, 2.45) is 11.8 Å². The van der Waals surface area contributed by atoms with Crippen molar-refractivity contribution in [1.29, 1.82) is 0 Å². The fourth-order valence-electron chi connectivity index (χ4n) is 3.96. The Balaban J connectivity index is 1.48. The molecular formula is C21H21N3O5. The molecule has 3 atom stereocenters. The molecule has 4 rings (SSSR count). The van der Waals surface area contributed by atoms with E-state index in [1.165, 1.54) is 17.4 Å². The number of allylic oxidation sites excluding steroid dienone is 2. The molecule has 1 aliphatic carbocycles. The zero-order valence-electron chi connectivity index (χ0n) is 16.2. The second kappa shape index (κ2) is 7.27. The molecule has 0 saturated carbocycles. The highest BCUT2D eigenvalue weighted by molar-refractivity contribution is 6.08. The lowest BCUT2D eigenvalue weighted by Crippen LogP contribution is -2.44. The van der Waals surface area contributed by atoms with Gasteiger partial charge in [-0.3, -0.25) is 23.7 Å². The monoisotopic (exact) mass is 395 g/mol. The molecule has 150 valence electrons. The van der Waals surface area contributed by atoms with Crippen LogP contribution < -0.4 is 5.56 Å². The van der Waals surface area contributed by atoms with Gasteiger partial charge in [-0.1, -0.05) is 18.2 Å². The van der Waals surface area contributed by atoms with Gasteiger partial charge in [-0.25, -0.2) is 9.78 Å². The fourth-order valence-corrected chi connectivity index (χ4v) is 3.96. The van der Waals surface area contributed by atoms with Gasteiger partial charge in [0, 0.05) is 12.3 Å². The number of rotatable bonds is 4. The van der Waals surface area contributed by atoms with Crippen molar-refractivity contribution in [2.45, 2.75) is 39.3 Å². The number of ether oxygens (including phenoxy) is 1. The molecule has 0 bridgehead atoms. The minimum absolute atomic E-state index is 0.214. The van der Waals surface area contributed by atoms with Gasteiger partial charge in [0.15, 0.2) is 0 Å². The first kappa shape index (κ1) is 19.0. The van der Waals surface area contributed by atoms with Crippen molar-refractivity contribution in [3.63, 3.8) is 0 Å². The Morgan fingerprint density at radius 1 is 1.21 bits per heavy atom. The van der Waals surface area contributed by atoms with Gasteiger partial charge in [-0.2, -0.15) is 0 Å². The lowest BCUT2D eigenvalue weighted by atomic mass is 9.85. The molecule has 0 spiro atoms. The third-order valence-electron chi connectivity index (χ3n) is 5.57. The largest absolute Gasteiger partial charge is 0.458 e. The highest BCUT2D eigenvalue weighted by Gasteiger charge is 2.50. The summed E-state index contributed by atoms with van der Waals surface area (Å²) in [6.07, 6.45) is 6.43. The molecule has 1 fully saturated rings. The molecule has 0 N–H and O–H groups in total. The number of carbonyl (C=O) groups is 3. The summed E-state index contributed by atoms with van der Waals surface area (Å²) in [5, 5.41) is 0. The van der Waals surface area contributed by atoms with Crippen LogP contribution in [-0.4, -0.2) is 38.1 Å². The van der Waals surface area contributed by atoms with Crippen LogP contribution >= 0.6 is 0 Å². The summed E-state index contributed by atoms with van der Waals surface area (Å²) >= 11 is 0. The lowest BCUT2D eigenvalue weighted by molar-refractivity contribution is -0.159. The van der Waals surface area contributed by atoms with Crippen LogP contribution in [0, 0.1) is 18.8 Å². The van der Waals surface area contributed by atoms with Crippen molar-refractivity contribution >= 4 is 23.4 Å². The number of aryl methyl sites for hydroxylation is 1. The van der Waals surface area contributed by atoms with Crippen molar-refractivity contribution in [3.8, 4) is 0 Å². The van der Waals surface area contributed by atoms with E-state index < -0.39 is 23.8 Å². The Morgan fingerprint density at radius 2 is 1.86 bits per heavy atom. The van der Waals surface area contributed by atoms with E-state index >= 15 is 0 Å². The number of pyridine rings is 1. The van der Waals surface area contributed by atoms with Crippen molar-refractivity contribution in [2.75, 3.05) is 0 Å². The molecule has 1 saturated heterocycles. The first-order chi connectivity index (χ1) is 13.9. The number of nitrogens with zero attached hydrogens (tertiary/aromatic N) is 3. The first-order valence-electron chi connectivity index (χ1n) is 9.55. The van der Waals surface area contributed by atoms with E-state index in [9.17, 15) is 19.2 Å². The SMILES string of the molecule is Cc1cccn2c(=O)cc(COC(=O)[C@H](C)N3C(=O)[C@H]4CC=CC[C@@H]4C3=O)nc12. The molecular weight excluding hydrogens is 374 g/mol. The predicted octanol–water partition coefficient (Wildman–Crippen LogP) is 1.39. The van der Waals surface area contributed by atoms with Gasteiger partial charge in [-0.05, 0) is 38.3 Å². The number of hydrogen-bond donors (Lipinski definition) is 0. The van der Waals surface area contributed by atoms with E-state index in [0.717, 1.165) is 10.5 Å². The second-order valence-corrected chi connectivity index (χ2v) is 7.46. The molecule has 1 aliphatic heterocycles. The Labute approximate surface area is 166 Å². The van der Waals surface area contributed by atoms with Crippen LogP contribution in [0.2, 0.25) is 0 Å². The molecule has 3 heterocycles. The quantitative estimate of drug-likeness (QED) is 0.441. The second-order valence-electron chi connectivity index (χ2n) is 7.46. The molecule has 8 heteroatoms. The maximum absolute atomic E-state index is 12.6. The molecule has 2 aromatic rings. The number of aromatic nitrogens is 2. The summed E-state index contributed by atoms with van der Waals surface area (Å²) in [5.41, 5.74) is 1.33. The summed E-state index contributed by atoms with van der Waals surface area (Å²) in [7, 11) is 0. The minimum Gasteiger partial charge on any atom is -0.458 e. The summed E-state index contributed by atoms with van der Waals surface area (Å²) in [5.74, 6) is -2.15. The van der Waals surface area contributed by atoms with Gasteiger partial charge in [-0.15, -0.1) is 0 Å². The van der Waals surface area contributed by atoms with Gasteiger partial charge in [0.05, 0.1) is 17.5 Å². The summed E-state index contributed by atoms with van der Waals surface area (Å²) in [6.45, 7) is 3.10. The van der Waals surface area contributed by atoms with Crippen LogP contribution in [0.4, 0.5) is 0 Å². The Hall–Kier alpha value is -3.29. The summed E-state index contributed by atoms with van der Waals surface area (Å²) < 4.78 is 6.70. The van der Waals surface area contributed by atoms with Crippen LogP contribution in [0.5, 0.6) is 0 Å². The fraction of sp³-hybridized carbons (Fsp3) is 0.381. The van der Waals surface area contributed by atoms with Crippen molar-refractivity contribution < 1.29 is 19.1 Å². The highest BCUT2D eigenvalue weighted by Crippen LogP contribution is 2.36. The molecule has 0 unspecified atom stereocenters. The average Bonchev–Trinajstić information content (AvgIpc) is 2.97. The third kappa shape index (κ3) is 3.24. The van der Waals surface area contributed by atoms with Crippen molar-refractivity contribution in [1.82, 2.24) is 14.3 Å². The van der Waals surface area contributed by atoms with E-state index in [0.29, 0.717) is 24.2 Å². The number of imide groups is 1. The van der Waals surface area contributed by atoms with Crippen LogP contribution in [0.3, 0.4) is 0 Å².